The summed E-state index contributed by atoms with van der Waals surface area (Å²) in [5, 5.41) is 17.6. The molecule has 2 aromatic carbocycles. The Labute approximate surface area is 188 Å². The number of aryl methyl sites for hydroxylation is 1. The van der Waals surface area contributed by atoms with Gasteiger partial charge < -0.3 is 16.2 Å². The molecule has 0 aliphatic heterocycles. The number of nitrogens with zero attached hydrogens (tertiary/aromatic N) is 3. The van der Waals surface area contributed by atoms with Crippen LogP contribution in [0.25, 0.3) is 16.8 Å². The summed E-state index contributed by atoms with van der Waals surface area (Å²) in [6.45, 7) is 1.85. The van der Waals surface area contributed by atoms with Crippen molar-refractivity contribution in [2.75, 3.05) is 12.3 Å². The van der Waals surface area contributed by atoms with Crippen LogP contribution in [0.1, 0.15) is 34.0 Å². The fourth-order valence-corrected chi connectivity index (χ4v) is 3.63. The molecule has 1 atom stereocenters. The largest absolute Gasteiger partial charge is 0.388 e. The van der Waals surface area contributed by atoms with Gasteiger partial charge in [0.1, 0.15) is 5.82 Å². The summed E-state index contributed by atoms with van der Waals surface area (Å²) in [7, 11) is 0. The van der Waals surface area contributed by atoms with E-state index >= 15 is 4.39 Å². The molecule has 1 amide bonds. The lowest BCUT2D eigenvalue weighted by molar-refractivity contribution is 0.0938. The standard InChI is InChI=1S/C23H21ClFN5O2/c1-13-2-7-17(15-9-11-30-19(12-15)28-23(26)29-30)21(25)20(13)22(32)27-10-8-18(31)14-3-5-16(24)6-4-14/h2-7,9,11-12,18,31H,8,10H2,1H3,(H2,26,29)(H,27,32)/t18-/m1/s1. The van der Waals surface area contributed by atoms with E-state index in [0.717, 1.165) is 0 Å². The minimum atomic E-state index is -0.771. The van der Waals surface area contributed by atoms with Gasteiger partial charge in [0.15, 0.2) is 5.65 Å². The lowest BCUT2D eigenvalue weighted by Crippen LogP contribution is -2.27. The third-order valence-electron chi connectivity index (χ3n) is 5.20. The predicted octanol–water partition coefficient (Wildman–Crippen LogP) is 3.93. The Morgan fingerprint density at radius 2 is 2.00 bits per heavy atom. The summed E-state index contributed by atoms with van der Waals surface area (Å²) >= 11 is 5.86. The van der Waals surface area contributed by atoms with Crippen molar-refractivity contribution in [3.63, 3.8) is 0 Å². The van der Waals surface area contributed by atoms with Crippen molar-refractivity contribution in [3.8, 4) is 11.1 Å². The second-order valence-corrected chi connectivity index (χ2v) is 7.86. The molecule has 4 N–H and O–H groups in total. The number of rotatable bonds is 6. The molecule has 0 aliphatic rings. The first-order valence-corrected chi connectivity index (χ1v) is 10.3. The maximum atomic E-state index is 15.4. The zero-order chi connectivity index (χ0) is 22.8. The number of hydrogen-bond acceptors (Lipinski definition) is 5. The maximum Gasteiger partial charge on any atom is 0.254 e. The number of benzene rings is 2. The van der Waals surface area contributed by atoms with E-state index in [1.807, 2.05) is 0 Å². The zero-order valence-electron chi connectivity index (χ0n) is 17.2. The molecule has 2 aromatic heterocycles. The van der Waals surface area contributed by atoms with Gasteiger partial charge in [0.05, 0.1) is 11.7 Å². The van der Waals surface area contributed by atoms with Crippen LogP contribution in [-0.2, 0) is 0 Å². The van der Waals surface area contributed by atoms with Crippen LogP contribution in [0.5, 0.6) is 0 Å². The summed E-state index contributed by atoms with van der Waals surface area (Å²) in [4.78, 5) is 16.8. The van der Waals surface area contributed by atoms with Crippen LogP contribution >= 0.6 is 11.6 Å². The molecule has 0 bridgehead atoms. The Hall–Kier alpha value is -3.49. The van der Waals surface area contributed by atoms with Gasteiger partial charge in [-0.3, -0.25) is 4.79 Å². The molecule has 0 aliphatic carbocycles. The van der Waals surface area contributed by atoms with E-state index in [9.17, 15) is 9.90 Å². The second kappa shape index (κ2) is 8.94. The fourth-order valence-electron chi connectivity index (χ4n) is 3.50. The first kappa shape index (κ1) is 21.7. The highest BCUT2D eigenvalue weighted by Crippen LogP contribution is 2.28. The van der Waals surface area contributed by atoms with Crippen LogP contribution in [0.4, 0.5) is 10.3 Å². The summed E-state index contributed by atoms with van der Waals surface area (Å²) < 4.78 is 16.9. The number of nitrogen functional groups attached to an aromatic ring is 1. The summed E-state index contributed by atoms with van der Waals surface area (Å²) in [6, 6.07) is 13.5. The molecule has 2 heterocycles. The summed E-state index contributed by atoms with van der Waals surface area (Å²) in [5.74, 6) is -1.05. The SMILES string of the molecule is Cc1ccc(-c2ccn3nc(N)nc3c2)c(F)c1C(=O)NCC[C@@H](O)c1ccc(Cl)cc1. The van der Waals surface area contributed by atoms with Crippen molar-refractivity contribution in [3.05, 3.63) is 82.3 Å². The van der Waals surface area contributed by atoms with E-state index in [-0.39, 0.29) is 30.0 Å². The number of halogens is 2. The van der Waals surface area contributed by atoms with E-state index in [2.05, 4.69) is 15.4 Å². The van der Waals surface area contributed by atoms with Gasteiger partial charge in [-0.15, -0.1) is 5.10 Å². The van der Waals surface area contributed by atoms with Gasteiger partial charge in [-0.05, 0) is 54.3 Å². The highest BCUT2D eigenvalue weighted by atomic mass is 35.5. The van der Waals surface area contributed by atoms with Gasteiger partial charge in [-0.1, -0.05) is 35.9 Å². The molecule has 0 unspecified atom stereocenters. The number of nitrogens with two attached hydrogens (primary N) is 1. The smallest absolute Gasteiger partial charge is 0.254 e. The van der Waals surface area contributed by atoms with Crippen LogP contribution in [0, 0.1) is 12.7 Å². The molecule has 0 spiro atoms. The Kier molecular flexibility index (Phi) is 6.07. The average molecular weight is 454 g/mol. The Bertz CT molecular complexity index is 1290. The molecule has 4 rings (SSSR count). The number of nitrogens with one attached hydrogen (secondary N) is 1. The number of amides is 1. The number of aliphatic hydroxyl groups excluding tert-OH is 1. The molecular weight excluding hydrogens is 433 g/mol. The fraction of sp³-hybridized carbons (Fsp3) is 0.174. The molecule has 4 aromatic rings. The van der Waals surface area contributed by atoms with E-state index < -0.39 is 17.8 Å². The normalized spacial score (nSPS) is 12.1. The molecule has 9 heteroatoms. The maximum absolute atomic E-state index is 15.4. The van der Waals surface area contributed by atoms with Crippen LogP contribution in [0.3, 0.4) is 0 Å². The number of aliphatic hydroxyl groups is 1. The third-order valence-corrected chi connectivity index (χ3v) is 5.45. The number of hydrogen-bond donors (Lipinski definition) is 3. The van der Waals surface area contributed by atoms with Gasteiger partial charge in [0.25, 0.3) is 5.91 Å². The molecule has 0 radical (unpaired) electrons. The van der Waals surface area contributed by atoms with E-state index in [1.165, 1.54) is 4.52 Å². The Morgan fingerprint density at radius 3 is 2.75 bits per heavy atom. The Balaban J connectivity index is 1.51. The van der Waals surface area contributed by atoms with Crippen LogP contribution in [0.2, 0.25) is 5.02 Å². The second-order valence-electron chi connectivity index (χ2n) is 7.42. The molecule has 0 fully saturated rings. The number of anilines is 1. The van der Waals surface area contributed by atoms with Crippen molar-refractivity contribution in [2.45, 2.75) is 19.4 Å². The molecule has 7 nitrogen and oxygen atoms in total. The number of pyridine rings is 1. The summed E-state index contributed by atoms with van der Waals surface area (Å²) in [6.07, 6.45) is 1.14. The number of fused-ring (bicyclic) bond motifs is 1. The third kappa shape index (κ3) is 4.42. The lowest BCUT2D eigenvalue weighted by Gasteiger charge is -2.14. The zero-order valence-corrected chi connectivity index (χ0v) is 18.0. The first-order chi connectivity index (χ1) is 15.3. The number of aromatic nitrogens is 3. The number of carbonyl (C=O) groups excluding carboxylic acids is 1. The lowest BCUT2D eigenvalue weighted by atomic mass is 9.98. The van der Waals surface area contributed by atoms with Gasteiger partial charge in [-0.25, -0.2) is 8.91 Å². The van der Waals surface area contributed by atoms with Gasteiger partial charge in [0.2, 0.25) is 5.95 Å². The first-order valence-electron chi connectivity index (χ1n) is 9.96. The van der Waals surface area contributed by atoms with Crippen LogP contribution < -0.4 is 11.1 Å². The van der Waals surface area contributed by atoms with Crippen molar-refractivity contribution < 1.29 is 14.3 Å². The van der Waals surface area contributed by atoms with Crippen molar-refractivity contribution in [1.82, 2.24) is 19.9 Å². The van der Waals surface area contributed by atoms with Crippen molar-refractivity contribution in [1.29, 1.82) is 0 Å². The van der Waals surface area contributed by atoms with Crippen molar-refractivity contribution in [2.24, 2.45) is 0 Å². The van der Waals surface area contributed by atoms with Crippen LogP contribution in [-0.4, -0.2) is 32.2 Å². The minimum absolute atomic E-state index is 0.0377. The predicted molar refractivity (Wildman–Crippen MR) is 121 cm³/mol. The number of carbonyl (C=O) groups is 1. The van der Waals surface area contributed by atoms with Crippen LogP contribution in [0.15, 0.2) is 54.7 Å². The van der Waals surface area contributed by atoms with E-state index in [1.54, 1.807) is 61.7 Å². The molecule has 32 heavy (non-hydrogen) atoms. The average Bonchev–Trinajstić information content (AvgIpc) is 3.13. The topological polar surface area (TPSA) is 106 Å². The Morgan fingerprint density at radius 1 is 1.25 bits per heavy atom. The molecular formula is C23H21ClFN5O2. The van der Waals surface area contributed by atoms with E-state index in [4.69, 9.17) is 17.3 Å². The monoisotopic (exact) mass is 453 g/mol. The van der Waals surface area contributed by atoms with Gasteiger partial charge >= 0.3 is 0 Å². The van der Waals surface area contributed by atoms with E-state index in [0.29, 0.717) is 27.4 Å². The molecule has 164 valence electrons. The quantitative estimate of drug-likeness (QED) is 0.410. The highest BCUT2D eigenvalue weighted by Gasteiger charge is 2.20. The highest BCUT2D eigenvalue weighted by molar-refractivity contribution is 6.30. The summed E-state index contributed by atoms with van der Waals surface area (Å²) in [5.41, 5.74) is 8.07. The van der Waals surface area contributed by atoms with Crippen molar-refractivity contribution >= 4 is 29.1 Å². The molecule has 0 saturated heterocycles. The van der Waals surface area contributed by atoms with Gasteiger partial charge in [-0.2, -0.15) is 4.98 Å². The van der Waals surface area contributed by atoms with Gasteiger partial charge in [0, 0.05) is 23.3 Å². The molecule has 0 saturated carbocycles. The minimum Gasteiger partial charge on any atom is -0.388 e.